The Balaban J connectivity index is 1.37. The van der Waals surface area contributed by atoms with Crippen molar-refractivity contribution in [1.82, 2.24) is 0 Å². The highest BCUT2D eigenvalue weighted by atomic mass is 32.1. The summed E-state index contributed by atoms with van der Waals surface area (Å²) in [5.41, 5.74) is 16.4. The highest BCUT2D eigenvalue weighted by Gasteiger charge is 2.49. The summed E-state index contributed by atoms with van der Waals surface area (Å²) in [6.07, 6.45) is 0.966. The Labute approximate surface area is 291 Å². The molecule has 0 atom stereocenters. The average Bonchev–Trinajstić information content (AvgIpc) is 3.61. The second-order valence-corrected chi connectivity index (χ2v) is 15.1. The summed E-state index contributed by atoms with van der Waals surface area (Å²) in [6, 6.07) is 42.9. The highest BCUT2D eigenvalue weighted by Crippen LogP contribution is 2.57. The monoisotopic (exact) mass is 652 g/mol. The molecule has 2 nitrogen and oxygen atoms in total. The van der Waals surface area contributed by atoms with Crippen LogP contribution in [0.2, 0.25) is 0 Å². The van der Waals surface area contributed by atoms with Crippen LogP contribution in [0, 0.1) is 12.7 Å². The average molecular weight is 653 g/mol. The zero-order valence-electron chi connectivity index (χ0n) is 28.0. The van der Waals surface area contributed by atoms with Crippen LogP contribution in [-0.4, -0.2) is 6.71 Å². The largest absolute Gasteiger partial charge is 0.308 e. The van der Waals surface area contributed by atoms with E-state index in [9.17, 15) is 0 Å². The summed E-state index contributed by atoms with van der Waals surface area (Å²) in [4.78, 5) is 4.73. The third kappa shape index (κ3) is 3.71. The van der Waals surface area contributed by atoms with Crippen LogP contribution in [-0.2, 0) is 11.8 Å². The molecule has 0 fully saturated rings. The molecule has 1 aromatic heterocycles. The molecule has 0 unspecified atom stereocenters. The number of para-hydroxylation sites is 2. The van der Waals surface area contributed by atoms with Crippen LogP contribution in [0.15, 0.2) is 121 Å². The summed E-state index contributed by atoms with van der Waals surface area (Å²) in [5, 5.41) is 2.54. The van der Waals surface area contributed by atoms with E-state index in [1.54, 1.807) is 12.1 Å². The predicted octanol–water partition coefficient (Wildman–Crippen LogP) is 10.3. The van der Waals surface area contributed by atoms with Crippen molar-refractivity contribution in [2.24, 2.45) is 0 Å². The Bertz CT molecular complexity index is 2530. The molecule has 3 heterocycles. The molecule has 0 saturated heterocycles. The molecular weight excluding hydrogens is 618 g/mol. The maximum atomic E-state index is 16.3. The van der Waals surface area contributed by atoms with Gasteiger partial charge in [0.15, 0.2) is 0 Å². The topological polar surface area (TPSA) is 6.48 Å². The number of thiophene rings is 1. The van der Waals surface area contributed by atoms with Crippen LogP contribution in [0.5, 0.6) is 0 Å². The van der Waals surface area contributed by atoms with Crippen LogP contribution in [0.25, 0.3) is 21.2 Å². The van der Waals surface area contributed by atoms with Gasteiger partial charge in [0, 0.05) is 32.9 Å². The van der Waals surface area contributed by atoms with Crippen LogP contribution in [0.3, 0.4) is 0 Å². The molecule has 10 rings (SSSR count). The number of aryl methyl sites for hydroxylation is 2. The first-order valence-electron chi connectivity index (χ1n) is 17.2. The van der Waals surface area contributed by atoms with E-state index in [1.165, 1.54) is 70.5 Å². The fraction of sp³-hybridized carbons (Fsp3) is 0.136. The van der Waals surface area contributed by atoms with Crippen molar-refractivity contribution in [2.45, 2.75) is 39.5 Å². The van der Waals surface area contributed by atoms with E-state index in [0.29, 0.717) is 5.69 Å². The van der Waals surface area contributed by atoms with E-state index >= 15 is 4.39 Å². The molecule has 5 heteroatoms. The molecule has 1 aliphatic carbocycles. The van der Waals surface area contributed by atoms with Gasteiger partial charge in [-0.2, -0.15) is 0 Å². The van der Waals surface area contributed by atoms with Gasteiger partial charge in [-0.05, 0) is 105 Å². The maximum Gasteiger partial charge on any atom is 0.254 e. The quantitative estimate of drug-likeness (QED) is 0.175. The van der Waals surface area contributed by atoms with Gasteiger partial charge in [0.05, 0.1) is 10.7 Å². The molecule has 6 aromatic carbocycles. The summed E-state index contributed by atoms with van der Waals surface area (Å²) >= 11 is 1.87. The number of fused-ring (bicyclic) bond motifs is 10. The lowest BCUT2D eigenvalue weighted by atomic mass is 9.33. The molecule has 0 amide bonds. The second kappa shape index (κ2) is 10.2. The number of anilines is 6. The summed E-state index contributed by atoms with van der Waals surface area (Å²) in [6.45, 7) is 9.16. The van der Waals surface area contributed by atoms with Crippen LogP contribution in [0.1, 0.15) is 43.0 Å². The van der Waals surface area contributed by atoms with E-state index in [0.717, 1.165) is 23.5 Å². The van der Waals surface area contributed by atoms with E-state index in [-0.39, 0.29) is 17.9 Å². The molecule has 0 spiro atoms. The van der Waals surface area contributed by atoms with Gasteiger partial charge in [-0.3, -0.25) is 0 Å². The third-order valence-corrected chi connectivity index (χ3v) is 12.4. The van der Waals surface area contributed by atoms with Crippen molar-refractivity contribution < 1.29 is 4.39 Å². The molecule has 0 N–H and O–H groups in total. The Morgan fingerprint density at radius 2 is 1.33 bits per heavy atom. The number of hydrogen-bond donors (Lipinski definition) is 0. The van der Waals surface area contributed by atoms with Gasteiger partial charge >= 0.3 is 0 Å². The fourth-order valence-electron chi connectivity index (χ4n) is 9.27. The highest BCUT2D eigenvalue weighted by molar-refractivity contribution is 7.26. The molecule has 7 aromatic rings. The zero-order valence-corrected chi connectivity index (χ0v) is 28.8. The smallest absolute Gasteiger partial charge is 0.254 e. The van der Waals surface area contributed by atoms with Crippen LogP contribution < -0.4 is 26.2 Å². The Kier molecular flexibility index (Phi) is 6.00. The Morgan fingerprint density at radius 1 is 0.653 bits per heavy atom. The van der Waals surface area contributed by atoms with Gasteiger partial charge < -0.3 is 9.80 Å². The number of rotatable bonds is 3. The van der Waals surface area contributed by atoms with Gasteiger partial charge in [0.1, 0.15) is 5.82 Å². The van der Waals surface area contributed by atoms with Crippen molar-refractivity contribution in [3.63, 3.8) is 0 Å². The van der Waals surface area contributed by atoms with Crippen LogP contribution in [0.4, 0.5) is 37.8 Å². The van der Waals surface area contributed by atoms with E-state index in [4.69, 9.17) is 0 Å². The van der Waals surface area contributed by atoms with Crippen molar-refractivity contribution in [3.8, 4) is 11.1 Å². The minimum Gasteiger partial charge on any atom is -0.308 e. The van der Waals surface area contributed by atoms with Gasteiger partial charge in [0.2, 0.25) is 0 Å². The molecule has 3 aliphatic rings. The van der Waals surface area contributed by atoms with Gasteiger partial charge in [-0.15, -0.1) is 11.3 Å². The lowest BCUT2D eigenvalue weighted by Gasteiger charge is -2.45. The fourth-order valence-corrected chi connectivity index (χ4v) is 10.5. The van der Waals surface area contributed by atoms with E-state index < -0.39 is 0 Å². The molecule has 0 saturated carbocycles. The minimum atomic E-state index is -0.289. The third-order valence-electron chi connectivity index (χ3n) is 11.2. The van der Waals surface area contributed by atoms with Crippen molar-refractivity contribution in [3.05, 3.63) is 149 Å². The Hall–Kier alpha value is -5.13. The van der Waals surface area contributed by atoms with Gasteiger partial charge in [-0.1, -0.05) is 106 Å². The number of benzene rings is 6. The van der Waals surface area contributed by atoms with E-state index in [2.05, 4.69) is 135 Å². The lowest BCUT2D eigenvalue weighted by molar-refractivity contribution is 0.627. The van der Waals surface area contributed by atoms with Gasteiger partial charge in [-0.25, -0.2) is 4.39 Å². The zero-order chi connectivity index (χ0) is 33.2. The molecule has 2 aliphatic heterocycles. The molecular formula is C44H34BFN2S. The first kappa shape index (κ1) is 28.8. The lowest BCUT2D eigenvalue weighted by Crippen LogP contribution is -2.61. The maximum absolute atomic E-state index is 16.3. The predicted molar refractivity (Wildman–Crippen MR) is 207 cm³/mol. The number of halogens is 1. The number of hydrogen-bond acceptors (Lipinski definition) is 3. The second-order valence-electron chi connectivity index (χ2n) is 14.1. The first-order valence-corrected chi connectivity index (χ1v) is 18.1. The molecule has 236 valence electrons. The number of nitrogens with zero attached hydrogens (tertiary/aromatic N) is 2. The first-order chi connectivity index (χ1) is 23.9. The minimum absolute atomic E-state index is 0.0221. The Morgan fingerprint density at radius 3 is 2.12 bits per heavy atom. The summed E-state index contributed by atoms with van der Waals surface area (Å²) in [5.74, 6) is -0.224. The molecule has 0 radical (unpaired) electrons. The SMILES string of the molecule is CCc1cccc2c1C(C)(C)c1c-2ccc2c1N(c1ccccc1F)c1cccc3c1B2c1c(sc2ccccc12)N3c1ccccc1C. The summed E-state index contributed by atoms with van der Waals surface area (Å²) < 4.78 is 17.6. The molecule has 49 heavy (non-hydrogen) atoms. The van der Waals surface area contributed by atoms with Crippen molar-refractivity contribution >= 4 is 78.0 Å². The van der Waals surface area contributed by atoms with Crippen molar-refractivity contribution in [2.75, 3.05) is 9.80 Å². The van der Waals surface area contributed by atoms with Crippen LogP contribution >= 0.6 is 11.3 Å². The molecule has 0 bridgehead atoms. The summed E-state index contributed by atoms with van der Waals surface area (Å²) in [7, 11) is 0. The normalized spacial score (nSPS) is 14.8. The van der Waals surface area contributed by atoms with Gasteiger partial charge in [0.25, 0.3) is 6.71 Å². The van der Waals surface area contributed by atoms with Crippen molar-refractivity contribution in [1.29, 1.82) is 0 Å². The standard InChI is InChI=1S/C44H34BFN2S/c1-5-27-15-12-17-28-29-24-25-31-42(39(29)44(3,4)38(27)28)47(34-20-10-8-18-32(34)46)35-21-13-22-36-41(35)45(31)40-30-16-7-11-23-37(30)49-43(40)48(36)33-19-9-6-14-26(33)2/h6-25H,5H2,1-4H3. The van der Waals surface area contributed by atoms with E-state index in [1.807, 2.05) is 23.5 Å².